The van der Waals surface area contributed by atoms with E-state index in [1.165, 1.54) is 24.4 Å². The molecule has 1 aliphatic heterocycles. The first-order valence-corrected chi connectivity index (χ1v) is 13.4. The maximum absolute atomic E-state index is 13.6. The molecule has 2 aromatic carbocycles. The fraction of sp³-hybridized carbons (Fsp3) is 0.333. The molecular weight excluding hydrogens is 494 g/mol. The van der Waals surface area contributed by atoms with Crippen molar-refractivity contribution in [2.75, 3.05) is 25.0 Å². The number of rotatable bonds is 6. The molecule has 2 aromatic heterocycles. The highest BCUT2D eigenvalue weighted by Crippen LogP contribution is 2.32. The van der Waals surface area contributed by atoms with Crippen LogP contribution in [0.25, 0.3) is 11.0 Å². The van der Waals surface area contributed by atoms with Crippen molar-refractivity contribution in [3.63, 3.8) is 0 Å². The highest BCUT2D eigenvalue weighted by atomic mass is 35.5. The molecule has 7 nitrogen and oxygen atoms in total. The topological polar surface area (TPSA) is 71.3 Å². The molecule has 3 heterocycles. The fourth-order valence-electron chi connectivity index (χ4n) is 4.55. The summed E-state index contributed by atoms with van der Waals surface area (Å²) in [6, 6.07) is 16.3. The Labute approximate surface area is 225 Å². The molecule has 0 radical (unpaired) electrons. The second kappa shape index (κ2) is 9.84. The Kier molecular flexibility index (Phi) is 5.01. The molecule has 9 heteroatoms. The molecule has 4 aromatic rings. The lowest BCUT2D eigenvalue weighted by Crippen LogP contribution is -2.51. The third-order valence-electron chi connectivity index (χ3n) is 6.52. The minimum atomic E-state index is -4.13. The largest absolute Gasteiger partial charge is 0.354 e. The molecule has 0 aliphatic carbocycles. The van der Waals surface area contributed by atoms with Gasteiger partial charge < -0.3 is 4.90 Å². The lowest BCUT2D eigenvalue weighted by atomic mass is 9.92. The van der Waals surface area contributed by atoms with E-state index in [0.29, 0.717) is 13.1 Å². The Balaban J connectivity index is 1.63. The summed E-state index contributed by atoms with van der Waals surface area (Å²) < 4.78 is 78.4. The number of likely N-dealkylation sites (tertiary alicyclic amines) is 1. The van der Waals surface area contributed by atoms with Crippen LogP contribution in [0.4, 0.5) is 5.82 Å². The van der Waals surface area contributed by atoms with Gasteiger partial charge in [-0.2, -0.15) is 9.97 Å². The first kappa shape index (κ1) is 18.3. The minimum absolute atomic E-state index is 0.0147. The molecule has 0 saturated carbocycles. The SMILES string of the molecule is [2H]C([2H])([2H])C1CCN(Cc2ccccc2)CC1N(c1nc(Cl)nc2c1ccn2S(=O)(=O)c1ccc(C)cc1)C([2H])([2H])[2H]. The van der Waals surface area contributed by atoms with Gasteiger partial charge in [0.2, 0.25) is 5.28 Å². The molecule has 0 N–H and O–H groups in total. The average molecular weight is 530 g/mol. The van der Waals surface area contributed by atoms with Crippen molar-refractivity contribution in [3.05, 3.63) is 83.3 Å². The van der Waals surface area contributed by atoms with Crippen LogP contribution in [0, 0.1) is 12.8 Å². The summed E-state index contributed by atoms with van der Waals surface area (Å²) in [7, 11) is -4.13. The second-order valence-electron chi connectivity index (χ2n) is 9.04. The molecular formula is C27H30ClN5O2S. The van der Waals surface area contributed by atoms with Gasteiger partial charge in [-0.15, -0.1) is 0 Å². The molecule has 1 aliphatic rings. The van der Waals surface area contributed by atoms with Crippen LogP contribution in [-0.2, 0) is 16.6 Å². The first-order valence-electron chi connectivity index (χ1n) is 14.6. The van der Waals surface area contributed by atoms with Gasteiger partial charge >= 0.3 is 0 Å². The number of anilines is 1. The van der Waals surface area contributed by atoms with E-state index in [4.69, 9.17) is 19.8 Å². The first-order chi connectivity index (χ1) is 19.7. The van der Waals surface area contributed by atoms with Gasteiger partial charge in [0.1, 0.15) is 5.82 Å². The van der Waals surface area contributed by atoms with E-state index >= 15 is 0 Å². The Bertz CT molecular complexity index is 1680. The number of nitrogens with zero attached hydrogens (tertiary/aromatic N) is 5. The summed E-state index contributed by atoms with van der Waals surface area (Å²) in [5.74, 6) is -1.14. The number of benzene rings is 2. The van der Waals surface area contributed by atoms with Crippen molar-refractivity contribution >= 4 is 38.5 Å². The maximum Gasteiger partial charge on any atom is 0.269 e. The van der Waals surface area contributed by atoms with E-state index in [-0.39, 0.29) is 40.0 Å². The molecule has 1 fully saturated rings. The van der Waals surface area contributed by atoms with E-state index in [1.807, 2.05) is 42.2 Å². The van der Waals surface area contributed by atoms with Crippen molar-refractivity contribution in [1.82, 2.24) is 18.8 Å². The lowest BCUT2D eigenvalue weighted by Gasteiger charge is -2.42. The second-order valence-corrected chi connectivity index (χ2v) is 11.2. The summed E-state index contributed by atoms with van der Waals surface area (Å²) in [4.78, 5) is 11.5. The van der Waals surface area contributed by atoms with Gasteiger partial charge in [0.25, 0.3) is 10.0 Å². The molecule has 188 valence electrons. The van der Waals surface area contributed by atoms with Crippen molar-refractivity contribution < 1.29 is 16.6 Å². The van der Waals surface area contributed by atoms with E-state index in [9.17, 15) is 8.42 Å². The Morgan fingerprint density at radius 3 is 2.61 bits per heavy atom. The zero-order chi connectivity index (χ0) is 30.4. The lowest BCUT2D eigenvalue weighted by molar-refractivity contribution is 0.159. The van der Waals surface area contributed by atoms with Crippen LogP contribution in [0.1, 0.15) is 32.6 Å². The quantitative estimate of drug-likeness (QED) is 0.328. The molecule has 0 amide bonds. The zero-order valence-electron chi connectivity index (χ0n) is 25.7. The number of hydrogen-bond donors (Lipinski definition) is 0. The number of hydrogen-bond acceptors (Lipinski definition) is 6. The van der Waals surface area contributed by atoms with Crippen LogP contribution >= 0.6 is 11.6 Å². The monoisotopic (exact) mass is 529 g/mol. The number of likely N-dealkylation sites (N-methyl/N-ethyl adjacent to an activating group) is 1. The van der Waals surface area contributed by atoms with Gasteiger partial charge in [-0.1, -0.05) is 54.9 Å². The van der Waals surface area contributed by atoms with Crippen molar-refractivity contribution in [1.29, 1.82) is 0 Å². The number of piperidine rings is 1. The minimum Gasteiger partial charge on any atom is -0.354 e. The predicted octanol–water partition coefficient (Wildman–Crippen LogP) is 4.98. The smallest absolute Gasteiger partial charge is 0.269 e. The number of aryl methyl sites for hydroxylation is 1. The van der Waals surface area contributed by atoms with Crippen molar-refractivity contribution in [3.8, 4) is 0 Å². The summed E-state index contributed by atoms with van der Waals surface area (Å²) in [6.07, 6.45) is 1.50. The van der Waals surface area contributed by atoms with Crippen LogP contribution in [0.15, 0.2) is 71.8 Å². The van der Waals surface area contributed by atoms with Gasteiger partial charge in [0.05, 0.1) is 10.3 Å². The normalized spacial score (nSPS) is 22.2. The molecule has 2 unspecified atom stereocenters. The Hall–Kier alpha value is -2.94. The van der Waals surface area contributed by atoms with E-state index < -0.39 is 35.8 Å². The van der Waals surface area contributed by atoms with Crippen LogP contribution in [0.2, 0.25) is 5.28 Å². The Morgan fingerprint density at radius 1 is 1.11 bits per heavy atom. The van der Waals surface area contributed by atoms with E-state index in [0.717, 1.165) is 20.0 Å². The number of halogens is 1. The summed E-state index contributed by atoms with van der Waals surface area (Å²) in [5, 5.41) is -0.246. The van der Waals surface area contributed by atoms with E-state index in [2.05, 4.69) is 9.97 Å². The van der Waals surface area contributed by atoms with Gasteiger partial charge in [-0.25, -0.2) is 12.4 Å². The van der Waals surface area contributed by atoms with Crippen LogP contribution < -0.4 is 4.90 Å². The number of fused-ring (bicyclic) bond motifs is 1. The Morgan fingerprint density at radius 2 is 1.89 bits per heavy atom. The highest BCUT2D eigenvalue weighted by molar-refractivity contribution is 7.90. The third kappa shape index (κ3) is 4.73. The maximum atomic E-state index is 13.6. The predicted molar refractivity (Wildman–Crippen MR) is 144 cm³/mol. The third-order valence-corrected chi connectivity index (χ3v) is 8.37. The standard InChI is InChI=1S/C27H30ClN5O2S/c1-19-9-11-22(12-10-19)36(34,35)33-16-14-23-25(29-27(28)30-26(23)33)31(3)24-18-32(15-13-20(24)2)17-21-7-5-4-6-8-21/h4-12,14,16,20,24H,13,15,17-18H2,1-3H3/i2D3,3D3. The van der Waals surface area contributed by atoms with Crippen LogP contribution in [-0.4, -0.2) is 53.4 Å². The molecule has 1 saturated heterocycles. The van der Waals surface area contributed by atoms with Crippen LogP contribution in [0.3, 0.4) is 0 Å². The average Bonchev–Trinajstić information content (AvgIpc) is 3.33. The van der Waals surface area contributed by atoms with Crippen molar-refractivity contribution in [2.45, 2.75) is 37.7 Å². The van der Waals surface area contributed by atoms with Gasteiger partial charge in [0, 0.05) is 40.5 Å². The molecule has 0 bridgehead atoms. The number of aromatic nitrogens is 3. The molecule has 5 rings (SSSR count). The fourth-order valence-corrected chi connectivity index (χ4v) is 6.01. The summed E-state index contributed by atoms with van der Waals surface area (Å²) in [5.41, 5.74) is 1.78. The molecule has 0 spiro atoms. The van der Waals surface area contributed by atoms with E-state index in [1.54, 1.807) is 12.1 Å². The highest BCUT2D eigenvalue weighted by Gasteiger charge is 2.32. The molecule has 36 heavy (non-hydrogen) atoms. The summed E-state index contributed by atoms with van der Waals surface area (Å²) >= 11 is 6.30. The zero-order valence-corrected chi connectivity index (χ0v) is 21.2. The molecule has 2 atom stereocenters. The van der Waals surface area contributed by atoms with Gasteiger partial charge in [-0.05, 0) is 61.2 Å². The van der Waals surface area contributed by atoms with Gasteiger partial charge in [0.15, 0.2) is 5.65 Å². The van der Waals surface area contributed by atoms with Gasteiger partial charge in [-0.3, -0.25) is 4.90 Å². The summed E-state index contributed by atoms with van der Waals surface area (Å²) in [6.45, 7) is -2.36. The van der Waals surface area contributed by atoms with Crippen LogP contribution in [0.5, 0.6) is 0 Å². The van der Waals surface area contributed by atoms with Crippen molar-refractivity contribution in [2.24, 2.45) is 5.92 Å².